The Bertz CT molecular complexity index is 394. The van der Waals surface area contributed by atoms with Crippen molar-refractivity contribution < 1.29 is 9.21 Å². The van der Waals surface area contributed by atoms with Crippen molar-refractivity contribution in [2.75, 3.05) is 26.7 Å². The van der Waals surface area contributed by atoms with Gasteiger partial charge in [0.05, 0.1) is 0 Å². The van der Waals surface area contributed by atoms with E-state index in [9.17, 15) is 4.79 Å². The Balaban J connectivity index is 1.79. The van der Waals surface area contributed by atoms with Gasteiger partial charge in [0.2, 0.25) is 5.91 Å². The molecule has 0 bridgehead atoms. The summed E-state index contributed by atoms with van der Waals surface area (Å²) in [7, 11) is 1.89. The van der Waals surface area contributed by atoms with Crippen LogP contribution in [0.4, 0.5) is 0 Å². The van der Waals surface area contributed by atoms with Gasteiger partial charge in [-0.15, -0.1) is 0 Å². The van der Waals surface area contributed by atoms with Crippen LogP contribution < -0.4 is 5.32 Å². The van der Waals surface area contributed by atoms with Crippen LogP contribution in [0.5, 0.6) is 0 Å². The summed E-state index contributed by atoms with van der Waals surface area (Å²) in [5.41, 5.74) is 0. The highest BCUT2D eigenvalue weighted by Gasteiger charge is 2.23. The third-order valence-corrected chi connectivity index (χ3v) is 3.55. The molecule has 1 aromatic heterocycles. The maximum Gasteiger partial charge on any atom is 0.225 e. The molecule has 1 saturated heterocycles. The van der Waals surface area contributed by atoms with Gasteiger partial charge >= 0.3 is 0 Å². The predicted molar refractivity (Wildman–Crippen MR) is 70.4 cm³/mol. The Hall–Kier alpha value is -1.29. The maximum atomic E-state index is 12.2. The molecule has 18 heavy (non-hydrogen) atoms. The molecular formula is C14H22N2O2. The van der Waals surface area contributed by atoms with Crippen molar-refractivity contribution in [2.45, 2.75) is 26.2 Å². The third kappa shape index (κ3) is 3.35. The Labute approximate surface area is 108 Å². The van der Waals surface area contributed by atoms with Crippen molar-refractivity contribution in [1.29, 1.82) is 0 Å². The number of carbonyl (C=O) groups excluding carboxylic acids is 1. The molecule has 1 amide bonds. The van der Waals surface area contributed by atoms with Crippen LogP contribution in [-0.2, 0) is 11.2 Å². The van der Waals surface area contributed by atoms with Crippen LogP contribution in [0.2, 0.25) is 0 Å². The number of rotatable bonds is 4. The molecule has 0 atom stereocenters. The molecule has 1 aliphatic heterocycles. The number of nitrogens with one attached hydrogen (secondary N) is 1. The van der Waals surface area contributed by atoms with Crippen LogP contribution in [-0.4, -0.2) is 37.5 Å². The molecule has 2 heterocycles. The molecule has 1 aromatic rings. The summed E-state index contributed by atoms with van der Waals surface area (Å²) in [6.07, 6.45) is 2.72. The first-order chi connectivity index (χ1) is 8.66. The van der Waals surface area contributed by atoms with Gasteiger partial charge in [0.1, 0.15) is 11.5 Å². The van der Waals surface area contributed by atoms with E-state index in [2.05, 4.69) is 5.32 Å². The Morgan fingerprint density at radius 2 is 2.17 bits per heavy atom. The molecular weight excluding hydrogens is 228 g/mol. The predicted octanol–water partition coefficient (Wildman–Crippen LogP) is 1.59. The van der Waals surface area contributed by atoms with Gasteiger partial charge in [0.15, 0.2) is 0 Å². The smallest absolute Gasteiger partial charge is 0.225 e. The van der Waals surface area contributed by atoms with Crippen LogP contribution in [0, 0.1) is 12.8 Å². The molecule has 1 aliphatic rings. The number of hydrogen-bond donors (Lipinski definition) is 1. The van der Waals surface area contributed by atoms with Crippen LogP contribution in [0.1, 0.15) is 24.4 Å². The minimum atomic E-state index is 0.203. The number of amides is 1. The lowest BCUT2D eigenvalue weighted by molar-refractivity contribution is -0.135. The molecule has 0 aliphatic carbocycles. The van der Waals surface area contributed by atoms with E-state index < -0.39 is 0 Å². The number of aryl methyl sites for hydroxylation is 1. The third-order valence-electron chi connectivity index (χ3n) is 3.55. The number of carbonyl (C=O) groups is 1. The fourth-order valence-electron chi connectivity index (χ4n) is 2.39. The summed E-state index contributed by atoms with van der Waals surface area (Å²) in [5.74, 6) is 2.36. The molecule has 0 saturated carbocycles. The lowest BCUT2D eigenvalue weighted by Crippen LogP contribution is -2.39. The van der Waals surface area contributed by atoms with E-state index in [1.54, 1.807) is 0 Å². The van der Waals surface area contributed by atoms with Gasteiger partial charge in [-0.2, -0.15) is 0 Å². The average molecular weight is 250 g/mol. The Morgan fingerprint density at radius 3 is 2.78 bits per heavy atom. The topological polar surface area (TPSA) is 45.5 Å². The average Bonchev–Trinajstić information content (AvgIpc) is 2.82. The van der Waals surface area contributed by atoms with E-state index in [0.717, 1.165) is 50.4 Å². The molecule has 4 heteroatoms. The quantitative estimate of drug-likeness (QED) is 0.882. The van der Waals surface area contributed by atoms with Gasteiger partial charge in [0.25, 0.3) is 0 Å². The standard InChI is InChI=1S/C14H22N2O2/c1-11-3-4-13(18-11)7-10-16(2)14(17)12-5-8-15-9-6-12/h3-4,12,15H,5-10H2,1-2H3. The normalized spacial score (nSPS) is 16.8. The van der Waals surface area contributed by atoms with Crippen LogP contribution in [0.25, 0.3) is 0 Å². The second kappa shape index (κ2) is 6.05. The summed E-state index contributed by atoms with van der Waals surface area (Å²) in [5, 5.41) is 3.28. The molecule has 0 unspecified atom stereocenters. The van der Waals surface area contributed by atoms with E-state index >= 15 is 0 Å². The van der Waals surface area contributed by atoms with Gasteiger partial charge < -0.3 is 14.6 Å². The number of likely N-dealkylation sites (N-methyl/N-ethyl adjacent to an activating group) is 1. The second-order valence-electron chi connectivity index (χ2n) is 5.05. The highest BCUT2D eigenvalue weighted by Crippen LogP contribution is 2.15. The van der Waals surface area contributed by atoms with Crippen LogP contribution in [0.3, 0.4) is 0 Å². The minimum absolute atomic E-state index is 0.203. The zero-order valence-electron chi connectivity index (χ0n) is 11.2. The first kappa shape index (κ1) is 13.1. The highest BCUT2D eigenvalue weighted by molar-refractivity contribution is 5.78. The number of hydrogen-bond acceptors (Lipinski definition) is 3. The van der Waals surface area contributed by atoms with E-state index in [-0.39, 0.29) is 11.8 Å². The molecule has 0 spiro atoms. The fourth-order valence-corrected chi connectivity index (χ4v) is 2.39. The lowest BCUT2D eigenvalue weighted by atomic mass is 9.96. The zero-order chi connectivity index (χ0) is 13.0. The molecule has 0 radical (unpaired) electrons. The number of furan rings is 1. The van der Waals surface area contributed by atoms with Crippen molar-refractivity contribution >= 4 is 5.91 Å². The fraction of sp³-hybridized carbons (Fsp3) is 0.643. The van der Waals surface area contributed by atoms with Crippen molar-refractivity contribution in [3.63, 3.8) is 0 Å². The van der Waals surface area contributed by atoms with Gasteiger partial charge in [-0.05, 0) is 45.0 Å². The first-order valence-corrected chi connectivity index (χ1v) is 6.68. The molecule has 0 aromatic carbocycles. The van der Waals surface area contributed by atoms with Crippen LogP contribution >= 0.6 is 0 Å². The second-order valence-corrected chi connectivity index (χ2v) is 5.05. The summed E-state index contributed by atoms with van der Waals surface area (Å²) >= 11 is 0. The van der Waals surface area contributed by atoms with Crippen molar-refractivity contribution in [2.24, 2.45) is 5.92 Å². The lowest BCUT2D eigenvalue weighted by Gasteiger charge is -2.26. The van der Waals surface area contributed by atoms with Crippen LogP contribution in [0.15, 0.2) is 16.5 Å². The van der Waals surface area contributed by atoms with E-state index in [0.29, 0.717) is 0 Å². The summed E-state index contributed by atoms with van der Waals surface area (Å²) in [6, 6.07) is 3.95. The SMILES string of the molecule is Cc1ccc(CCN(C)C(=O)C2CCNCC2)o1. The molecule has 2 rings (SSSR count). The van der Waals surface area contributed by atoms with Gasteiger partial charge in [0, 0.05) is 25.9 Å². The molecule has 100 valence electrons. The van der Waals surface area contributed by atoms with Gasteiger partial charge in [-0.1, -0.05) is 0 Å². The van der Waals surface area contributed by atoms with Crippen molar-refractivity contribution in [3.05, 3.63) is 23.7 Å². The van der Waals surface area contributed by atoms with E-state index in [1.807, 2.05) is 31.0 Å². The molecule has 4 nitrogen and oxygen atoms in total. The van der Waals surface area contributed by atoms with Gasteiger partial charge in [-0.25, -0.2) is 0 Å². The zero-order valence-corrected chi connectivity index (χ0v) is 11.2. The monoisotopic (exact) mass is 250 g/mol. The summed E-state index contributed by atoms with van der Waals surface area (Å²) in [6.45, 7) is 4.59. The minimum Gasteiger partial charge on any atom is -0.466 e. The molecule has 1 N–H and O–H groups in total. The van der Waals surface area contributed by atoms with Crippen molar-refractivity contribution in [1.82, 2.24) is 10.2 Å². The number of nitrogens with zero attached hydrogens (tertiary/aromatic N) is 1. The summed E-state index contributed by atoms with van der Waals surface area (Å²) in [4.78, 5) is 14.0. The summed E-state index contributed by atoms with van der Waals surface area (Å²) < 4.78 is 5.51. The molecule has 1 fully saturated rings. The first-order valence-electron chi connectivity index (χ1n) is 6.68. The Kier molecular flexibility index (Phi) is 4.42. The van der Waals surface area contributed by atoms with E-state index in [1.165, 1.54) is 0 Å². The van der Waals surface area contributed by atoms with Crippen molar-refractivity contribution in [3.8, 4) is 0 Å². The van der Waals surface area contributed by atoms with E-state index in [4.69, 9.17) is 4.42 Å². The van der Waals surface area contributed by atoms with Gasteiger partial charge in [-0.3, -0.25) is 4.79 Å². The number of piperidine rings is 1. The maximum absolute atomic E-state index is 12.2. The Morgan fingerprint density at radius 1 is 1.44 bits per heavy atom. The largest absolute Gasteiger partial charge is 0.466 e. The highest BCUT2D eigenvalue weighted by atomic mass is 16.3.